The maximum Gasteiger partial charge on any atom is 0.00645 e. The molecule has 0 aromatic carbocycles. The predicted octanol–water partition coefficient (Wildman–Crippen LogP) is 2.80. The Kier molecular flexibility index (Phi) is 5.57. The van der Waals surface area contributed by atoms with Gasteiger partial charge in [-0.25, -0.2) is 0 Å². The van der Waals surface area contributed by atoms with Gasteiger partial charge >= 0.3 is 0 Å². The predicted molar refractivity (Wildman–Crippen MR) is 51.5 cm³/mol. The summed E-state index contributed by atoms with van der Waals surface area (Å²) < 4.78 is 0. The van der Waals surface area contributed by atoms with E-state index < -0.39 is 0 Å². The molecule has 0 aromatic heterocycles. The van der Waals surface area contributed by atoms with Gasteiger partial charge in [0.2, 0.25) is 0 Å². The van der Waals surface area contributed by atoms with E-state index in [9.17, 15) is 0 Å². The normalized spacial score (nSPS) is 16.9. The third-order valence-electron chi connectivity index (χ3n) is 2.20. The van der Waals surface area contributed by atoms with E-state index in [1.54, 1.807) is 0 Å². The molecule has 11 heavy (non-hydrogen) atoms. The van der Waals surface area contributed by atoms with Gasteiger partial charge in [0, 0.05) is 6.04 Å². The highest BCUT2D eigenvalue weighted by Gasteiger charge is 2.12. The molecular weight excluding hydrogens is 134 g/mol. The molecule has 0 bridgehead atoms. The summed E-state index contributed by atoms with van der Waals surface area (Å²) in [6.07, 6.45) is 3.65. The van der Waals surface area contributed by atoms with Gasteiger partial charge in [-0.05, 0) is 24.7 Å². The summed E-state index contributed by atoms with van der Waals surface area (Å²) in [5.74, 6) is 1.47. The Hall–Kier alpha value is -0.0400. The molecule has 0 amide bonds. The molecule has 0 aromatic rings. The molecule has 0 spiro atoms. The van der Waals surface area contributed by atoms with Crippen LogP contribution in [0.1, 0.15) is 47.0 Å². The minimum atomic E-state index is 0.419. The van der Waals surface area contributed by atoms with Gasteiger partial charge < -0.3 is 5.73 Å². The molecule has 0 fully saturated rings. The van der Waals surface area contributed by atoms with Crippen molar-refractivity contribution in [3.05, 3.63) is 0 Å². The molecule has 0 aliphatic heterocycles. The van der Waals surface area contributed by atoms with Crippen LogP contribution in [0.5, 0.6) is 0 Å². The lowest BCUT2D eigenvalue weighted by Gasteiger charge is -2.20. The van der Waals surface area contributed by atoms with Crippen molar-refractivity contribution in [3.63, 3.8) is 0 Å². The Bertz CT molecular complexity index is 88.9. The van der Waals surface area contributed by atoms with E-state index in [4.69, 9.17) is 5.73 Å². The first-order valence-corrected chi connectivity index (χ1v) is 4.83. The Morgan fingerprint density at radius 1 is 1.18 bits per heavy atom. The standard InChI is InChI=1S/C10H23N/c1-5-6-10(11)9(4)7-8(2)3/h8-10H,5-7,11H2,1-4H3. The highest BCUT2D eigenvalue weighted by molar-refractivity contribution is 4.69. The highest BCUT2D eigenvalue weighted by atomic mass is 14.6. The number of rotatable bonds is 5. The van der Waals surface area contributed by atoms with Crippen molar-refractivity contribution in [1.82, 2.24) is 0 Å². The summed E-state index contributed by atoms with van der Waals surface area (Å²) in [7, 11) is 0. The summed E-state index contributed by atoms with van der Waals surface area (Å²) in [6.45, 7) is 8.98. The van der Waals surface area contributed by atoms with Crippen molar-refractivity contribution >= 4 is 0 Å². The van der Waals surface area contributed by atoms with Crippen molar-refractivity contribution in [3.8, 4) is 0 Å². The van der Waals surface area contributed by atoms with Crippen LogP contribution >= 0.6 is 0 Å². The van der Waals surface area contributed by atoms with Crippen LogP contribution in [0.4, 0.5) is 0 Å². The second-order valence-corrected chi connectivity index (χ2v) is 4.06. The lowest BCUT2D eigenvalue weighted by atomic mass is 9.90. The lowest BCUT2D eigenvalue weighted by molar-refractivity contribution is 0.356. The molecule has 0 radical (unpaired) electrons. The molecule has 0 saturated carbocycles. The molecular formula is C10H23N. The first-order chi connectivity index (χ1) is 5.07. The van der Waals surface area contributed by atoms with Crippen molar-refractivity contribution in [2.24, 2.45) is 17.6 Å². The average molecular weight is 157 g/mol. The smallest absolute Gasteiger partial charge is 0.00645 e. The van der Waals surface area contributed by atoms with Crippen LogP contribution in [0.2, 0.25) is 0 Å². The van der Waals surface area contributed by atoms with Crippen LogP contribution in [-0.4, -0.2) is 6.04 Å². The summed E-state index contributed by atoms with van der Waals surface area (Å²) in [5, 5.41) is 0. The van der Waals surface area contributed by atoms with Gasteiger partial charge in [-0.1, -0.05) is 34.1 Å². The monoisotopic (exact) mass is 157 g/mol. The minimum absolute atomic E-state index is 0.419. The van der Waals surface area contributed by atoms with Crippen LogP contribution in [0, 0.1) is 11.8 Å². The Balaban J connectivity index is 3.54. The molecule has 0 aliphatic carbocycles. The number of nitrogens with two attached hydrogens (primary N) is 1. The van der Waals surface area contributed by atoms with Gasteiger partial charge in [0.25, 0.3) is 0 Å². The fourth-order valence-electron chi connectivity index (χ4n) is 1.54. The molecule has 0 rings (SSSR count). The first-order valence-electron chi connectivity index (χ1n) is 4.83. The molecule has 0 aliphatic rings. The Morgan fingerprint density at radius 2 is 1.73 bits per heavy atom. The van der Waals surface area contributed by atoms with Gasteiger partial charge in [-0.3, -0.25) is 0 Å². The van der Waals surface area contributed by atoms with E-state index in [0.29, 0.717) is 12.0 Å². The summed E-state index contributed by atoms with van der Waals surface area (Å²) in [6, 6.07) is 0.419. The molecule has 0 saturated heterocycles. The molecule has 2 N–H and O–H groups in total. The quantitative estimate of drug-likeness (QED) is 0.652. The number of hydrogen-bond donors (Lipinski definition) is 1. The molecule has 2 unspecified atom stereocenters. The zero-order valence-electron chi connectivity index (χ0n) is 8.43. The minimum Gasteiger partial charge on any atom is -0.327 e. The molecule has 2 atom stereocenters. The largest absolute Gasteiger partial charge is 0.327 e. The SMILES string of the molecule is CCCC(N)C(C)CC(C)C. The third kappa shape index (κ3) is 5.25. The van der Waals surface area contributed by atoms with E-state index in [1.165, 1.54) is 19.3 Å². The average Bonchev–Trinajstić information content (AvgIpc) is 1.86. The summed E-state index contributed by atoms with van der Waals surface area (Å²) in [5.41, 5.74) is 5.98. The number of hydrogen-bond acceptors (Lipinski definition) is 1. The van der Waals surface area contributed by atoms with Gasteiger partial charge in [-0.2, -0.15) is 0 Å². The highest BCUT2D eigenvalue weighted by Crippen LogP contribution is 2.16. The fourth-order valence-corrected chi connectivity index (χ4v) is 1.54. The van der Waals surface area contributed by atoms with Crippen molar-refractivity contribution < 1.29 is 0 Å². The van der Waals surface area contributed by atoms with Crippen LogP contribution < -0.4 is 5.73 Å². The van der Waals surface area contributed by atoms with Crippen molar-refractivity contribution in [2.75, 3.05) is 0 Å². The molecule has 0 heterocycles. The topological polar surface area (TPSA) is 26.0 Å². The van der Waals surface area contributed by atoms with E-state index in [2.05, 4.69) is 27.7 Å². The zero-order valence-corrected chi connectivity index (χ0v) is 8.43. The van der Waals surface area contributed by atoms with Gasteiger partial charge in [0.05, 0.1) is 0 Å². The summed E-state index contributed by atoms with van der Waals surface area (Å²) in [4.78, 5) is 0. The van der Waals surface area contributed by atoms with Crippen LogP contribution in [0.3, 0.4) is 0 Å². The maximum absolute atomic E-state index is 5.98. The second kappa shape index (κ2) is 5.59. The van der Waals surface area contributed by atoms with E-state index >= 15 is 0 Å². The van der Waals surface area contributed by atoms with Gasteiger partial charge in [0.15, 0.2) is 0 Å². The molecule has 1 heteroatoms. The van der Waals surface area contributed by atoms with E-state index in [-0.39, 0.29) is 0 Å². The Morgan fingerprint density at radius 3 is 2.09 bits per heavy atom. The zero-order chi connectivity index (χ0) is 8.85. The van der Waals surface area contributed by atoms with E-state index in [0.717, 1.165) is 5.92 Å². The third-order valence-corrected chi connectivity index (χ3v) is 2.20. The van der Waals surface area contributed by atoms with Crippen LogP contribution in [0.25, 0.3) is 0 Å². The van der Waals surface area contributed by atoms with E-state index in [1.807, 2.05) is 0 Å². The first kappa shape index (κ1) is 11.0. The molecule has 68 valence electrons. The summed E-state index contributed by atoms with van der Waals surface area (Å²) >= 11 is 0. The van der Waals surface area contributed by atoms with Gasteiger partial charge in [-0.15, -0.1) is 0 Å². The van der Waals surface area contributed by atoms with Crippen LogP contribution in [0.15, 0.2) is 0 Å². The van der Waals surface area contributed by atoms with Crippen molar-refractivity contribution in [2.45, 2.75) is 53.0 Å². The van der Waals surface area contributed by atoms with Crippen LogP contribution in [-0.2, 0) is 0 Å². The van der Waals surface area contributed by atoms with Crippen molar-refractivity contribution in [1.29, 1.82) is 0 Å². The maximum atomic E-state index is 5.98. The fraction of sp³-hybridized carbons (Fsp3) is 1.00. The molecule has 1 nitrogen and oxygen atoms in total. The second-order valence-electron chi connectivity index (χ2n) is 4.06. The lowest BCUT2D eigenvalue weighted by Crippen LogP contribution is -2.28. The van der Waals surface area contributed by atoms with Gasteiger partial charge in [0.1, 0.15) is 0 Å². The Labute approximate surface area is 71.4 Å².